The minimum atomic E-state index is -0.495. The number of hydrogen-bond donors (Lipinski definition) is 2. The maximum atomic E-state index is 12.2. The van der Waals surface area contributed by atoms with Crippen molar-refractivity contribution in [2.24, 2.45) is 0 Å². The number of benzene rings is 2. The number of rotatable bonds is 6. The number of carbonyl (C=O) groups excluding carboxylic acids is 2. The van der Waals surface area contributed by atoms with Crippen LogP contribution in [-0.4, -0.2) is 25.5 Å². The molecule has 2 amide bonds. The first kappa shape index (κ1) is 20.3. The Labute approximate surface area is 168 Å². The first-order valence-corrected chi connectivity index (χ1v) is 9.37. The fourth-order valence-electron chi connectivity index (χ4n) is 2.11. The number of methoxy groups -OCH3 is 1. The van der Waals surface area contributed by atoms with E-state index >= 15 is 0 Å². The summed E-state index contributed by atoms with van der Waals surface area (Å²) in [6, 6.07) is 10.7. The van der Waals surface area contributed by atoms with Crippen LogP contribution in [0.25, 0.3) is 0 Å². The van der Waals surface area contributed by atoms with E-state index in [1.54, 1.807) is 24.3 Å². The minimum Gasteiger partial charge on any atom is -0.496 e. The third kappa shape index (κ3) is 5.47. The van der Waals surface area contributed by atoms with Crippen LogP contribution in [0.1, 0.15) is 22.8 Å². The zero-order valence-electron chi connectivity index (χ0n) is 14.3. The summed E-state index contributed by atoms with van der Waals surface area (Å²) in [7, 11) is 1.47. The van der Waals surface area contributed by atoms with Crippen LogP contribution < -0.4 is 20.3 Å². The van der Waals surface area contributed by atoms with E-state index in [1.807, 2.05) is 12.1 Å². The standard InChI is InChI=1S/C18H18Br2N2O4/c1-3-11-4-6-16(14(20)8-11)26-10-17(23)21-22-18(24)13-9-12(19)5-7-15(13)25-2/h4-9H,3,10H2,1-2H3,(H,21,23)(H,22,24). The number of aryl methyl sites for hydroxylation is 1. The van der Waals surface area contributed by atoms with Crippen LogP contribution in [0, 0.1) is 0 Å². The second kappa shape index (κ2) is 9.59. The molecule has 6 nitrogen and oxygen atoms in total. The molecule has 0 bridgehead atoms. The van der Waals surface area contributed by atoms with Gasteiger partial charge in [-0.15, -0.1) is 0 Å². The van der Waals surface area contributed by atoms with Crippen molar-refractivity contribution in [3.05, 3.63) is 56.5 Å². The van der Waals surface area contributed by atoms with Gasteiger partial charge in [0.15, 0.2) is 6.61 Å². The van der Waals surface area contributed by atoms with Crippen molar-refractivity contribution in [2.75, 3.05) is 13.7 Å². The van der Waals surface area contributed by atoms with Gasteiger partial charge >= 0.3 is 0 Å². The smallest absolute Gasteiger partial charge is 0.276 e. The van der Waals surface area contributed by atoms with Crippen molar-refractivity contribution in [3.8, 4) is 11.5 Å². The molecular weight excluding hydrogens is 468 g/mol. The van der Waals surface area contributed by atoms with Crippen LogP contribution in [0.3, 0.4) is 0 Å². The van der Waals surface area contributed by atoms with Crippen LogP contribution in [0.15, 0.2) is 45.3 Å². The summed E-state index contributed by atoms with van der Waals surface area (Å²) >= 11 is 6.70. The van der Waals surface area contributed by atoms with E-state index in [0.717, 1.165) is 20.9 Å². The van der Waals surface area contributed by atoms with Crippen molar-refractivity contribution >= 4 is 43.7 Å². The van der Waals surface area contributed by atoms with Gasteiger partial charge in [-0.1, -0.05) is 28.9 Å². The zero-order chi connectivity index (χ0) is 19.1. The molecule has 0 atom stereocenters. The second-order valence-electron chi connectivity index (χ2n) is 5.25. The van der Waals surface area contributed by atoms with Gasteiger partial charge in [-0.05, 0) is 58.2 Å². The van der Waals surface area contributed by atoms with E-state index < -0.39 is 11.8 Å². The highest BCUT2D eigenvalue weighted by atomic mass is 79.9. The monoisotopic (exact) mass is 484 g/mol. The van der Waals surface area contributed by atoms with Gasteiger partial charge in [-0.3, -0.25) is 20.4 Å². The van der Waals surface area contributed by atoms with Crippen molar-refractivity contribution in [1.82, 2.24) is 10.9 Å². The maximum absolute atomic E-state index is 12.2. The van der Waals surface area contributed by atoms with Crippen LogP contribution in [0.4, 0.5) is 0 Å². The number of ether oxygens (including phenoxy) is 2. The fourth-order valence-corrected chi connectivity index (χ4v) is 3.01. The van der Waals surface area contributed by atoms with Gasteiger partial charge < -0.3 is 9.47 Å². The van der Waals surface area contributed by atoms with Crippen LogP contribution in [-0.2, 0) is 11.2 Å². The second-order valence-corrected chi connectivity index (χ2v) is 7.02. The van der Waals surface area contributed by atoms with Crippen molar-refractivity contribution in [1.29, 1.82) is 0 Å². The molecule has 0 saturated heterocycles. The third-order valence-electron chi connectivity index (χ3n) is 3.48. The van der Waals surface area contributed by atoms with Gasteiger partial charge in [0.2, 0.25) is 0 Å². The molecule has 2 N–H and O–H groups in total. The number of hydrogen-bond acceptors (Lipinski definition) is 4. The predicted octanol–water partition coefficient (Wildman–Crippen LogP) is 3.62. The maximum Gasteiger partial charge on any atom is 0.276 e. The molecule has 0 heterocycles. The molecule has 0 aliphatic heterocycles. The molecule has 2 rings (SSSR count). The van der Waals surface area contributed by atoms with Crippen LogP contribution >= 0.6 is 31.9 Å². The van der Waals surface area contributed by atoms with Gasteiger partial charge in [0.25, 0.3) is 11.8 Å². The summed E-state index contributed by atoms with van der Waals surface area (Å²) in [4.78, 5) is 24.1. The summed E-state index contributed by atoms with van der Waals surface area (Å²) in [5, 5.41) is 0. The molecule has 0 aromatic heterocycles. The fraction of sp³-hybridized carbons (Fsp3) is 0.222. The summed E-state index contributed by atoms with van der Waals surface area (Å²) in [6.07, 6.45) is 0.907. The molecule has 8 heteroatoms. The number of hydrazine groups is 1. The minimum absolute atomic E-state index is 0.236. The Balaban J connectivity index is 1.89. The normalized spacial score (nSPS) is 10.2. The van der Waals surface area contributed by atoms with E-state index in [-0.39, 0.29) is 6.61 Å². The molecule has 0 aliphatic rings. The topological polar surface area (TPSA) is 76.7 Å². The zero-order valence-corrected chi connectivity index (χ0v) is 17.4. The lowest BCUT2D eigenvalue weighted by Crippen LogP contribution is -2.43. The summed E-state index contributed by atoms with van der Waals surface area (Å²) in [5.74, 6) is -0.0303. The average Bonchev–Trinajstić information content (AvgIpc) is 2.64. The number of carbonyl (C=O) groups is 2. The van der Waals surface area contributed by atoms with E-state index in [4.69, 9.17) is 9.47 Å². The first-order valence-electron chi connectivity index (χ1n) is 7.78. The Kier molecular flexibility index (Phi) is 7.47. The van der Waals surface area contributed by atoms with E-state index in [2.05, 4.69) is 49.6 Å². The molecule has 0 aliphatic carbocycles. The van der Waals surface area contributed by atoms with Crippen LogP contribution in [0.2, 0.25) is 0 Å². The van der Waals surface area contributed by atoms with Crippen molar-refractivity contribution in [2.45, 2.75) is 13.3 Å². The molecule has 0 spiro atoms. The highest BCUT2D eigenvalue weighted by Crippen LogP contribution is 2.26. The molecule has 0 saturated carbocycles. The molecule has 0 fully saturated rings. The Bertz CT molecular complexity index is 812. The summed E-state index contributed by atoms with van der Waals surface area (Å²) < 4.78 is 12.1. The number of halogens is 2. The highest BCUT2D eigenvalue weighted by Gasteiger charge is 2.14. The number of amides is 2. The van der Waals surface area contributed by atoms with Crippen molar-refractivity contribution in [3.63, 3.8) is 0 Å². The molecular formula is C18H18Br2N2O4. The molecule has 2 aromatic rings. The quantitative estimate of drug-likeness (QED) is 0.612. The van der Waals surface area contributed by atoms with Gasteiger partial charge in [-0.25, -0.2) is 0 Å². The van der Waals surface area contributed by atoms with Crippen molar-refractivity contribution < 1.29 is 19.1 Å². The third-order valence-corrected chi connectivity index (χ3v) is 4.60. The van der Waals surface area contributed by atoms with Gasteiger partial charge in [0, 0.05) is 4.47 Å². The summed E-state index contributed by atoms with van der Waals surface area (Å²) in [5.41, 5.74) is 6.10. The largest absolute Gasteiger partial charge is 0.496 e. The Morgan fingerprint density at radius 2 is 1.77 bits per heavy atom. The lowest BCUT2D eigenvalue weighted by molar-refractivity contribution is -0.123. The van der Waals surface area contributed by atoms with Gasteiger partial charge in [0.05, 0.1) is 17.1 Å². The number of nitrogens with one attached hydrogen (secondary N) is 2. The predicted molar refractivity (Wildman–Crippen MR) is 105 cm³/mol. The molecule has 2 aromatic carbocycles. The molecule has 0 unspecified atom stereocenters. The van der Waals surface area contributed by atoms with E-state index in [9.17, 15) is 9.59 Å². The molecule has 26 heavy (non-hydrogen) atoms. The Morgan fingerprint density at radius 3 is 2.42 bits per heavy atom. The van der Waals surface area contributed by atoms with Gasteiger partial charge in [0.1, 0.15) is 11.5 Å². The average molecular weight is 486 g/mol. The van der Waals surface area contributed by atoms with E-state index in [0.29, 0.717) is 17.1 Å². The molecule has 0 radical (unpaired) electrons. The molecule has 138 valence electrons. The first-order chi connectivity index (χ1) is 12.4. The Hall–Kier alpha value is -2.06. The summed E-state index contributed by atoms with van der Waals surface area (Å²) in [6.45, 7) is 1.82. The lowest BCUT2D eigenvalue weighted by Gasteiger charge is -2.12. The Morgan fingerprint density at radius 1 is 1.04 bits per heavy atom. The van der Waals surface area contributed by atoms with Crippen LogP contribution in [0.5, 0.6) is 11.5 Å². The van der Waals surface area contributed by atoms with E-state index in [1.165, 1.54) is 7.11 Å². The SMILES string of the molecule is CCc1ccc(OCC(=O)NNC(=O)c2cc(Br)ccc2OC)c(Br)c1. The highest BCUT2D eigenvalue weighted by molar-refractivity contribution is 9.10. The lowest BCUT2D eigenvalue weighted by atomic mass is 10.2. The van der Waals surface area contributed by atoms with Gasteiger partial charge in [-0.2, -0.15) is 0 Å².